The first-order chi connectivity index (χ1) is 7.48. The van der Waals surface area contributed by atoms with Crippen molar-refractivity contribution in [1.82, 2.24) is 14.8 Å². The van der Waals surface area contributed by atoms with Gasteiger partial charge in [0, 0.05) is 0 Å². The monoisotopic (exact) mass is 228 g/mol. The van der Waals surface area contributed by atoms with Crippen LogP contribution in [0.4, 0.5) is 19.1 Å². The molecule has 4 nitrogen and oxygen atoms in total. The summed E-state index contributed by atoms with van der Waals surface area (Å²) < 4.78 is 38.4. The van der Waals surface area contributed by atoms with Crippen LogP contribution in [0.3, 0.4) is 0 Å². The normalized spacial score (nSPS) is 11.7. The standard InChI is InChI=1S/C9H7F3N4/c10-9(11,12)6-2-1-3-7(4-6)16-8(13)14-5-15-16/h1-5H,(H2,13,14,15). The highest BCUT2D eigenvalue weighted by atomic mass is 19.4. The van der Waals surface area contributed by atoms with Crippen LogP contribution in [-0.2, 0) is 6.18 Å². The fourth-order valence-corrected chi connectivity index (χ4v) is 1.26. The van der Waals surface area contributed by atoms with E-state index in [1.807, 2.05) is 0 Å². The second-order valence-electron chi connectivity index (χ2n) is 3.08. The van der Waals surface area contributed by atoms with E-state index >= 15 is 0 Å². The van der Waals surface area contributed by atoms with Crippen LogP contribution in [0.5, 0.6) is 0 Å². The summed E-state index contributed by atoms with van der Waals surface area (Å²) in [5.74, 6) is 0.0410. The maximum absolute atomic E-state index is 12.4. The van der Waals surface area contributed by atoms with E-state index in [2.05, 4.69) is 10.1 Å². The molecule has 0 unspecified atom stereocenters. The number of hydrogen-bond donors (Lipinski definition) is 1. The van der Waals surface area contributed by atoms with Crippen LogP contribution in [0.25, 0.3) is 5.69 Å². The molecule has 0 saturated carbocycles. The van der Waals surface area contributed by atoms with Crippen LogP contribution in [0.1, 0.15) is 5.56 Å². The van der Waals surface area contributed by atoms with Crippen molar-refractivity contribution in [3.05, 3.63) is 36.2 Å². The Kier molecular flexibility index (Phi) is 2.30. The average Bonchev–Trinajstić information content (AvgIpc) is 2.63. The minimum Gasteiger partial charge on any atom is -0.368 e. The van der Waals surface area contributed by atoms with Crippen molar-refractivity contribution in [3.8, 4) is 5.69 Å². The molecule has 7 heteroatoms. The molecule has 0 spiro atoms. The quantitative estimate of drug-likeness (QED) is 0.810. The largest absolute Gasteiger partial charge is 0.416 e. The number of nitrogens with two attached hydrogens (primary N) is 1. The van der Waals surface area contributed by atoms with Gasteiger partial charge in [-0.1, -0.05) is 6.07 Å². The predicted octanol–water partition coefficient (Wildman–Crippen LogP) is 1.87. The SMILES string of the molecule is Nc1ncnn1-c1cccc(C(F)(F)F)c1. The summed E-state index contributed by atoms with van der Waals surface area (Å²) in [6.07, 6.45) is -3.21. The van der Waals surface area contributed by atoms with Crippen molar-refractivity contribution in [1.29, 1.82) is 0 Å². The zero-order valence-corrected chi connectivity index (χ0v) is 7.94. The van der Waals surface area contributed by atoms with Crippen LogP contribution in [0.15, 0.2) is 30.6 Å². The van der Waals surface area contributed by atoms with Crippen molar-refractivity contribution in [2.75, 3.05) is 5.73 Å². The van der Waals surface area contributed by atoms with Crippen LogP contribution in [0, 0.1) is 0 Å². The summed E-state index contributed by atoms with van der Waals surface area (Å²) in [5, 5.41) is 3.72. The van der Waals surface area contributed by atoms with Crippen molar-refractivity contribution in [2.24, 2.45) is 0 Å². The van der Waals surface area contributed by atoms with Crippen molar-refractivity contribution < 1.29 is 13.2 Å². The first-order valence-corrected chi connectivity index (χ1v) is 4.31. The van der Waals surface area contributed by atoms with Crippen molar-refractivity contribution >= 4 is 5.95 Å². The van der Waals surface area contributed by atoms with E-state index in [9.17, 15) is 13.2 Å². The number of rotatable bonds is 1. The molecule has 1 aromatic carbocycles. The molecule has 84 valence electrons. The van der Waals surface area contributed by atoms with Gasteiger partial charge < -0.3 is 5.73 Å². The van der Waals surface area contributed by atoms with Gasteiger partial charge in [-0.2, -0.15) is 27.9 Å². The fraction of sp³-hybridized carbons (Fsp3) is 0.111. The molecule has 16 heavy (non-hydrogen) atoms. The minimum absolute atomic E-state index is 0.0410. The summed E-state index contributed by atoms with van der Waals surface area (Å²) in [6.45, 7) is 0. The van der Waals surface area contributed by atoms with Gasteiger partial charge in [0.15, 0.2) is 0 Å². The van der Waals surface area contributed by atoms with E-state index in [1.54, 1.807) is 0 Å². The molecular formula is C9H7F3N4. The number of alkyl halides is 3. The smallest absolute Gasteiger partial charge is 0.368 e. The lowest BCUT2D eigenvalue weighted by Crippen LogP contribution is -2.07. The van der Waals surface area contributed by atoms with Gasteiger partial charge in [0.05, 0.1) is 11.3 Å². The van der Waals surface area contributed by atoms with Crippen LogP contribution in [-0.4, -0.2) is 14.8 Å². The lowest BCUT2D eigenvalue weighted by molar-refractivity contribution is -0.137. The highest BCUT2D eigenvalue weighted by Crippen LogP contribution is 2.30. The second kappa shape index (κ2) is 3.51. The Balaban J connectivity index is 2.49. The lowest BCUT2D eigenvalue weighted by atomic mass is 10.2. The summed E-state index contributed by atoms with van der Waals surface area (Å²) in [6, 6.07) is 4.71. The Hall–Kier alpha value is -2.05. The van der Waals surface area contributed by atoms with Gasteiger partial charge in [0.2, 0.25) is 5.95 Å². The lowest BCUT2D eigenvalue weighted by Gasteiger charge is -2.08. The maximum atomic E-state index is 12.4. The molecule has 2 N–H and O–H groups in total. The Morgan fingerprint density at radius 1 is 1.25 bits per heavy atom. The predicted molar refractivity (Wildman–Crippen MR) is 50.8 cm³/mol. The Labute approximate surface area is 88.5 Å². The van der Waals surface area contributed by atoms with Gasteiger partial charge in [-0.3, -0.25) is 0 Å². The molecule has 0 fully saturated rings. The Morgan fingerprint density at radius 3 is 2.56 bits per heavy atom. The highest BCUT2D eigenvalue weighted by Gasteiger charge is 2.30. The molecule has 0 aliphatic carbocycles. The number of nitrogen functional groups attached to an aromatic ring is 1. The number of hydrogen-bond acceptors (Lipinski definition) is 3. The van der Waals surface area contributed by atoms with Gasteiger partial charge >= 0.3 is 6.18 Å². The van der Waals surface area contributed by atoms with Gasteiger partial charge in [-0.15, -0.1) is 0 Å². The van der Waals surface area contributed by atoms with Gasteiger partial charge in [-0.05, 0) is 18.2 Å². The molecule has 0 aliphatic rings. The molecule has 2 aromatic rings. The molecule has 0 atom stereocenters. The molecule has 1 heterocycles. The highest BCUT2D eigenvalue weighted by molar-refractivity contribution is 5.40. The summed E-state index contributed by atoms with van der Waals surface area (Å²) in [7, 11) is 0. The van der Waals surface area contributed by atoms with Gasteiger partial charge in [0.25, 0.3) is 0 Å². The molecule has 1 aromatic heterocycles. The number of benzene rings is 1. The van der Waals surface area contributed by atoms with E-state index in [4.69, 9.17) is 5.73 Å². The number of aromatic nitrogens is 3. The summed E-state index contributed by atoms with van der Waals surface area (Å²) in [4.78, 5) is 3.63. The molecular weight excluding hydrogens is 221 g/mol. The summed E-state index contributed by atoms with van der Waals surface area (Å²) in [5.41, 5.74) is 4.92. The maximum Gasteiger partial charge on any atom is 0.416 e. The van der Waals surface area contributed by atoms with Crippen molar-refractivity contribution in [3.63, 3.8) is 0 Å². The molecule has 0 radical (unpaired) electrons. The molecule has 0 aliphatic heterocycles. The minimum atomic E-state index is -4.38. The third-order valence-electron chi connectivity index (χ3n) is 1.99. The zero-order chi connectivity index (χ0) is 11.8. The fourth-order valence-electron chi connectivity index (χ4n) is 1.26. The Morgan fingerprint density at radius 2 is 2.00 bits per heavy atom. The topological polar surface area (TPSA) is 56.7 Å². The number of halogens is 3. The molecule has 2 rings (SSSR count). The number of anilines is 1. The van der Waals surface area contributed by atoms with E-state index in [-0.39, 0.29) is 11.6 Å². The van der Waals surface area contributed by atoms with E-state index in [0.717, 1.165) is 16.8 Å². The first-order valence-electron chi connectivity index (χ1n) is 4.31. The molecule has 0 bridgehead atoms. The van der Waals surface area contributed by atoms with E-state index in [0.29, 0.717) is 0 Å². The van der Waals surface area contributed by atoms with Gasteiger partial charge in [-0.25, -0.2) is 0 Å². The number of nitrogens with zero attached hydrogens (tertiary/aromatic N) is 3. The third-order valence-corrected chi connectivity index (χ3v) is 1.99. The molecule has 0 amide bonds. The van der Waals surface area contributed by atoms with Crippen LogP contribution in [0.2, 0.25) is 0 Å². The summed E-state index contributed by atoms with van der Waals surface area (Å²) >= 11 is 0. The van der Waals surface area contributed by atoms with Gasteiger partial charge in [0.1, 0.15) is 6.33 Å². The Bertz CT molecular complexity index is 503. The van der Waals surface area contributed by atoms with E-state index in [1.165, 1.54) is 18.5 Å². The second-order valence-corrected chi connectivity index (χ2v) is 3.08. The first kappa shape index (κ1) is 10.5. The van der Waals surface area contributed by atoms with Crippen molar-refractivity contribution in [2.45, 2.75) is 6.18 Å². The third kappa shape index (κ3) is 1.83. The van der Waals surface area contributed by atoms with Crippen LogP contribution < -0.4 is 5.73 Å². The van der Waals surface area contributed by atoms with Crippen LogP contribution >= 0.6 is 0 Å². The van der Waals surface area contributed by atoms with E-state index < -0.39 is 11.7 Å². The molecule has 0 saturated heterocycles. The zero-order valence-electron chi connectivity index (χ0n) is 7.94. The average molecular weight is 228 g/mol.